The molecular weight excluding hydrogens is 283 g/mol. The van der Waals surface area contributed by atoms with Gasteiger partial charge in [0.05, 0.1) is 0 Å². The summed E-state index contributed by atoms with van der Waals surface area (Å²) in [7, 11) is 0. The zero-order valence-electron chi connectivity index (χ0n) is 12.4. The molecule has 0 amide bonds. The first-order valence-electron chi connectivity index (χ1n) is 7.29. The number of benzene rings is 1. The van der Waals surface area contributed by atoms with E-state index in [1.54, 1.807) is 12.1 Å². The minimum Gasteiger partial charge on any atom is -0.368 e. The maximum atomic E-state index is 13.2. The average molecular weight is 302 g/mol. The highest BCUT2D eigenvalue weighted by Crippen LogP contribution is 2.24. The van der Waals surface area contributed by atoms with Gasteiger partial charge in [-0.1, -0.05) is 13.0 Å². The van der Waals surface area contributed by atoms with E-state index in [-0.39, 0.29) is 11.8 Å². The molecule has 1 aromatic carbocycles. The Morgan fingerprint density at radius 2 is 2.14 bits per heavy atom. The summed E-state index contributed by atoms with van der Waals surface area (Å²) >= 11 is 0. The lowest BCUT2D eigenvalue weighted by molar-refractivity contribution is 0.427. The molecule has 1 saturated heterocycles. The number of nitrogens with two attached hydrogens (primary N) is 1. The number of aromatic nitrogens is 2. The van der Waals surface area contributed by atoms with Gasteiger partial charge in [0.25, 0.3) is 0 Å². The average Bonchev–Trinajstić information content (AvgIpc) is 2.41. The molecule has 1 aromatic heterocycles. The van der Waals surface area contributed by atoms with E-state index in [1.165, 1.54) is 12.1 Å². The number of halogens is 1. The predicted octanol–water partition coefficient (Wildman–Crippen LogP) is 1.74. The van der Waals surface area contributed by atoms with Gasteiger partial charge < -0.3 is 21.3 Å². The molecule has 7 heteroatoms. The number of nitrogens with zero attached hydrogens (tertiary/aromatic N) is 3. The van der Waals surface area contributed by atoms with Crippen LogP contribution in [0.25, 0.3) is 0 Å². The first-order chi connectivity index (χ1) is 10.6. The van der Waals surface area contributed by atoms with Gasteiger partial charge in [-0.3, -0.25) is 0 Å². The second kappa shape index (κ2) is 6.15. The summed E-state index contributed by atoms with van der Waals surface area (Å²) in [5.41, 5.74) is 6.40. The molecule has 22 heavy (non-hydrogen) atoms. The van der Waals surface area contributed by atoms with Crippen LogP contribution >= 0.6 is 0 Å². The van der Waals surface area contributed by atoms with Crippen molar-refractivity contribution < 1.29 is 4.39 Å². The molecule has 0 bridgehead atoms. The first kappa shape index (κ1) is 14.5. The highest BCUT2D eigenvalue weighted by Gasteiger charge is 2.27. The van der Waals surface area contributed by atoms with Crippen LogP contribution in [0.1, 0.15) is 6.92 Å². The minimum absolute atomic E-state index is 0.198. The van der Waals surface area contributed by atoms with Gasteiger partial charge in [0.2, 0.25) is 5.95 Å². The largest absolute Gasteiger partial charge is 0.368 e. The molecule has 2 aromatic rings. The molecule has 0 saturated carbocycles. The van der Waals surface area contributed by atoms with E-state index in [4.69, 9.17) is 5.73 Å². The standard InChI is InChI=1S/C15H19FN6/c1-2-18-12-8-22(9-12)14-7-13(20-15(17)21-14)19-11-5-3-4-10(16)6-11/h3-7,12,18H,2,8-9H2,1H3,(H3,17,19,20,21). The van der Waals surface area contributed by atoms with Crippen molar-refractivity contribution in [1.29, 1.82) is 0 Å². The highest BCUT2D eigenvalue weighted by atomic mass is 19.1. The van der Waals surface area contributed by atoms with Crippen LogP contribution in [0.4, 0.5) is 27.7 Å². The zero-order valence-corrected chi connectivity index (χ0v) is 12.4. The van der Waals surface area contributed by atoms with Crippen LogP contribution in [-0.4, -0.2) is 35.6 Å². The van der Waals surface area contributed by atoms with Crippen LogP contribution in [-0.2, 0) is 0 Å². The van der Waals surface area contributed by atoms with Crippen molar-refractivity contribution in [1.82, 2.24) is 15.3 Å². The number of rotatable bonds is 5. The first-order valence-corrected chi connectivity index (χ1v) is 7.29. The molecule has 0 atom stereocenters. The van der Waals surface area contributed by atoms with Crippen LogP contribution in [0.5, 0.6) is 0 Å². The number of likely N-dealkylation sites (N-methyl/N-ethyl adjacent to an activating group) is 1. The Hall–Kier alpha value is -2.41. The van der Waals surface area contributed by atoms with Gasteiger partial charge in [0, 0.05) is 30.9 Å². The Labute approximate surface area is 128 Å². The monoisotopic (exact) mass is 302 g/mol. The molecule has 4 N–H and O–H groups in total. The topological polar surface area (TPSA) is 79.1 Å². The summed E-state index contributed by atoms with van der Waals surface area (Å²) in [6.45, 7) is 4.83. The molecule has 116 valence electrons. The zero-order chi connectivity index (χ0) is 15.5. The third-order valence-electron chi connectivity index (χ3n) is 3.53. The molecule has 0 spiro atoms. The lowest BCUT2D eigenvalue weighted by Crippen LogP contribution is -2.58. The summed E-state index contributed by atoms with van der Waals surface area (Å²) < 4.78 is 13.2. The number of anilines is 4. The van der Waals surface area contributed by atoms with Gasteiger partial charge in [0.1, 0.15) is 17.5 Å². The van der Waals surface area contributed by atoms with E-state index in [9.17, 15) is 4.39 Å². The quantitative estimate of drug-likeness (QED) is 0.781. The Bertz CT molecular complexity index is 656. The minimum atomic E-state index is -0.302. The summed E-state index contributed by atoms with van der Waals surface area (Å²) in [5.74, 6) is 1.23. The van der Waals surface area contributed by atoms with Crippen molar-refractivity contribution in [3.05, 3.63) is 36.1 Å². The van der Waals surface area contributed by atoms with Gasteiger partial charge >= 0.3 is 0 Å². The number of hydrogen-bond donors (Lipinski definition) is 3. The molecule has 0 aliphatic carbocycles. The fourth-order valence-corrected chi connectivity index (χ4v) is 2.48. The molecule has 6 nitrogen and oxygen atoms in total. The number of nitrogens with one attached hydrogen (secondary N) is 2. The van der Waals surface area contributed by atoms with Crippen molar-refractivity contribution in [2.45, 2.75) is 13.0 Å². The SMILES string of the molecule is CCNC1CN(c2cc(Nc3cccc(F)c3)nc(N)n2)C1. The van der Waals surface area contributed by atoms with Gasteiger partial charge in [-0.05, 0) is 24.7 Å². The third kappa shape index (κ3) is 3.25. The Balaban J connectivity index is 1.73. The van der Waals surface area contributed by atoms with Crippen molar-refractivity contribution in [3.63, 3.8) is 0 Å². The van der Waals surface area contributed by atoms with Crippen LogP contribution < -0.4 is 21.3 Å². The van der Waals surface area contributed by atoms with E-state index < -0.39 is 0 Å². The van der Waals surface area contributed by atoms with E-state index in [0.29, 0.717) is 17.5 Å². The molecule has 1 fully saturated rings. The van der Waals surface area contributed by atoms with E-state index in [2.05, 4.69) is 32.4 Å². The molecular formula is C15H19FN6. The van der Waals surface area contributed by atoms with Crippen molar-refractivity contribution in [3.8, 4) is 0 Å². The lowest BCUT2D eigenvalue weighted by atomic mass is 10.1. The Kier molecular flexibility index (Phi) is 4.06. The van der Waals surface area contributed by atoms with Crippen molar-refractivity contribution >= 4 is 23.3 Å². The molecule has 3 rings (SSSR count). The van der Waals surface area contributed by atoms with Gasteiger partial charge in [-0.15, -0.1) is 0 Å². The Morgan fingerprint density at radius 3 is 2.86 bits per heavy atom. The van der Waals surface area contributed by atoms with E-state index >= 15 is 0 Å². The second-order valence-corrected chi connectivity index (χ2v) is 5.26. The fourth-order valence-electron chi connectivity index (χ4n) is 2.48. The summed E-state index contributed by atoms with van der Waals surface area (Å²) in [6.07, 6.45) is 0. The van der Waals surface area contributed by atoms with Crippen molar-refractivity contribution in [2.24, 2.45) is 0 Å². The maximum absolute atomic E-state index is 13.2. The third-order valence-corrected chi connectivity index (χ3v) is 3.53. The van der Waals surface area contributed by atoms with E-state index in [0.717, 1.165) is 25.5 Å². The van der Waals surface area contributed by atoms with Crippen LogP contribution in [0, 0.1) is 5.82 Å². The number of hydrogen-bond acceptors (Lipinski definition) is 6. The maximum Gasteiger partial charge on any atom is 0.223 e. The molecule has 1 aliphatic heterocycles. The summed E-state index contributed by atoms with van der Waals surface area (Å²) in [6, 6.07) is 8.52. The number of nitrogen functional groups attached to an aromatic ring is 1. The van der Waals surface area contributed by atoms with Crippen LogP contribution in [0.15, 0.2) is 30.3 Å². The molecule has 0 unspecified atom stereocenters. The normalized spacial score (nSPS) is 14.7. The van der Waals surface area contributed by atoms with Crippen molar-refractivity contribution in [2.75, 3.05) is 35.6 Å². The Morgan fingerprint density at radius 1 is 1.32 bits per heavy atom. The van der Waals surface area contributed by atoms with Crippen LogP contribution in [0.2, 0.25) is 0 Å². The molecule has 1 aliphatic rings. The predicted molar refractivity (Wildman–Crippen MR) is 85.8 cm³/mol. The smallest absolute Gasteiger partial charge is 0.223 e. The molecule has 0 radical (unpaired) electrons. The van der Waals surface area contributed by atoms with Gasteiger partial charge in [0.15, 0.2) is 0 Å². The lowest BCUT2D eigenvalue weighted by Gasteiger charge is -2.40. The van der Waals surface area contributed by atoms with Gasteiger partial charge in [-0.2, -0.15) is 9.97 Å². The summed E-state index contributed by atoms with van der Waals surface area (Å²) in [4.78, 5) is 10.5. The van der Waals surface area contributed by atoms with E-state index in [1.807, 2.05) is 6.07 Å². The fraction of sp³-hybridized carbons (Fsp3) is 0.333. The second-order valence-electron chi connectivity index (χ2n) is 5.26. The van der Waals surface area contributed by atoms with Crippen LogP contribution in [0.3, 0.4) is 0 Å². The summed E-state index contributed by atoms with van der Waals surface area (Å²) in [5, 5.41) is 6.44. The highest BCUT2D eigenvalue weighted by molar-refractivity contribution is 5.61. The molecule has 2 heterocycles. The van der Waals surface area contributed by atoms with Gasteiger partial charge in [-0.25, -0.2) is 4.39 Å².